The minimum atomic E-state index is 0.516. The molecule has 0 heterocycles. The van der Waals surface area contributed by atoms with Crippen LogP contribution in [0.15, 0.2) is 0 Å². The third-order valence-electron chi connectivity index (χ3n) is 1.89. The zero-order valence-electron chi connectivity index (χ0n) is 7.44. The summed E-state index contributed by atoms with van der Waals surface area (Å²) >= 11 is 0. The van der Waals surface area contributed by atoms with Crippen molar-refractivity contribution in [1.82, 2.24) is 4.90 Å². The summed E-state index contributed by atoms with van der Waals surface area (Å²) in [5.74, 6) is 0.678. The van der Waals surface area contributed by atoms with Gasteiger partial charge in [0.25, 0.3) is 0 Å². The minimum Gasteiger partial charge on any atom is -0.358 e. The van der Waals surface area contributed by atoms with Gasteiger partial charge in [0.2, 0.25) is 0 Å². The molecule has 0 aromatic carbocycles. The van der Waals surface area contributed by atoms with Gasteiger partial charge < -0.3 is 4.90 Å². The van der Waals surface area contributed by atoms with Crippen molar-refractivity contribution in [3.63, 3.8) is 0 Å². The second-order valence-corrected chi connectivity index (χ2v) is 2.63. The van der Waals surface area contributed by atoms with Gasteiger partial charge in [0, 0.05) is 12.6 Å². The lowest BCUT2D eigenvalue weighted by Gasteiger charge is -2.27. The van der Waals surface area contributed by atoms with Gasteiger partial charge in [-0.3, -0.25) is 5.41 Å². The summed E-state index contributed by atoms with van der Waals surface area (Å²) in [6, 6.07) is 0.516. The number of nitrogens with zero attached hydrogens (tertiary/aromatic N) is 1. The van der Waals surface area contributed by atoms with Crippen molar-refractivity contribution in [3.8, 4) is 0 Å². The third kappa shape index (κ3) is 2.38. The largest absolute Gasteiger partial charge is 0.358 e. The molecule has 10 heavy (non-hydrogen) atoms. The van der Waals surface area contributed by atoms with Gasteiger partial charge in [-0.25, -0.2) is 0 Å². The van der Waals surface area contributed by atoms with Crippen LogP contribution in [0.4, 0.5) is 0 Å². The van der Waals surface area contributed by atoms with Crippen LogP contribution >= 0.6 is 0 Å². The molecule has 0 saturated heterocycles. The molecular formula is C8H18N2. The Hall–Kier alpha value is -0.530. The van der Waals surface area contributed by atoms with E-state index in [2.05, 4.69) is 25.7 Å². The molecule has 0 aliphatic rings. The lowest BCUT2D eigenvalue weighted by Crippen LogP contribution is -2.35. The molecule has 0 fully saturated rings. The summed E-state index contributed by atoms with van der Waals surface area (Å²) in [4.78, 5) is 2.10. The lowest BCUT2D eigenvalue weighted by molar-refractivity contribution is 0.333. The van der Waals surface area contributed by atoms with Crippen LogP contribution in [0.3, 0.4) is 0 Å². The van der Waals surface area contributed by atoms with Crippen LogP contribution in [0.2, 0.25) is 0 Å². The van der Waals surface area contributed by atoms with Crippen LogP contribution in [-0.4, -0.2) is 23.3 Å². The van der Waals surface area contributed by atoms with Crippen LogP contribution in [0.1, 0.15) is 34.1 Å². The standard InChI is InChI=1S/C8H18N2/c1-5-7(3)10(6-2)8(4)9/h7,9H,5-6H2,1-4H3. The molecule has 2 nitrogen and oxygen atoms in total. The monoisotopic (exact) mass is 142 g/mol. The molecule has 0 spiro atoms. The summed E-state index contributed by atoms with van der Waals surface area (Å²) in [6.45, 7) is 9.18. The predicted octanol–water partition coefficient (Wildman–Crippen LogP) is 2.10. The fourth-order valence-electron chi connectivity index (χ4n) is 1.10. The highest BCUT2D eigenvalue weighted by molar-refractivity contribution is 5.76. The van der Waals surface area contributed by atoms with Crippen LogP contribution in [-0.2, 0) is 0 Å². The van der Waals surface area contributed by atoms with E-state index in [0.717, 1.165) is 13.0 Å². The quantitative estimate of drug-likeness (QED) is 0.474. The molecule has 2 heteroatoms. The van der Waals surface area contributed by atoms with Gasteiger partial charge in [-0.1, -0.05) is 6.92 Å². The molecule has 1 atom stereocenters. The first kappa shape index (κ1) is 9.47. The maximum Gasteiger partial charge on any atom is 0.0928 e. The molecule has 1 N–H and O–H groups in total. The first-order valence-electron chi connectivity index (χ1n) is 3.95. The Morgan fingerprint density at radius 1 is 1.50 bits per heavy atom. The number of hydrogen-bond acceptors (Lipinski definition) is 1. The average Bonchev–Trinajstić information content (AvgIpc) is 1.88. The molecule has 0 bridgehead atoms. The first-order valence-corrected chi connectivity index (χ1v) is 3.95. The van der Waals surface area contributed by atoms with E-state index in [1.165, 1.54) is 0 Å². The Bertz CT molecular complexity index is 110. The highest BCUT2D eigenvalue weighted by Gasteiger charge is 2.08. The summed E-state index contributed by atoms with van der Waals surface area (Å²) in [5, 5.41) is 7.41. The van der Waals surface area contributed by atoms with Crippen molar-refractivity contribution in [2.75, 3.05) is 6.54 Å². The van der Waals surface area contributed by atoms with Crippen molar-refractivity contribution in [3.05, 3.63) is 0 Å². The highest BCUT2D eigenvalue weighted by Crippen LogP contribution is 2.02. The van der Waals surface area contributed by atoms with Crippen LogP contribution in [0.5, 0.6) is 0 Å². The lowest BCUT2D eigenvalue weighted by atomic mass is 10.2. The van der Waals surface area contributed by atoms with E-state index in [1.807, 2.05) is 6.92 Å². The maximum atomic E-state index is 7.41. The summed E-state index contributed by atoms with van der Waals surface area (Å²) in [5.41, 5.74) is 0. The van der Waals surface area contributed by atoms with E-state index >= 15 is 0 Å². The van der Waals surface area contributed by atoms with Crippen molar-refractivity contribution in [2.45, 2.75) is 40.2 Å². The van der Waals surface area contributed by atoms with Gasteiger partial charge in [-0.2, -0.15) is 0 Å². The highest BCUT2D eigenvalue weighted by atomic mass is 15.2. The molecule has 0 aliphatic carbocycles. The van der Waals surface area contributed by atoms with Crippen LogP contribution in [0.25, 0.3) is 0 Å². The van der Waals surface area contributed by atoms with Crippen molar-refractivity contribution in [2.24, 2.45) is 0 Å². The predicted molar refractivity (Wildman–Crippen MR) is 45.5 cm³/mol. The van der Waals surface area contributed by atoms with Gasteiger partial charge in [-0.15, -0.1) is 0 Å². The van der Waals surface area contributed by atoms with E-state index in [1.54, 1.807) is 0 Å². The summed E-state index contributed by atoms with van der Waals surface area (Å²) in [7, 11) is 0. The average molecular weight is 142 g/mol. The van der Waals surface area contributed by atoms with E-state index in [-0.39, 0.29) is 0 Å². The fourth-order valence-corrected chi connectivity index (χ4v) is 1.10. The zero-order chi connectivity index (χ0) is 8.15. The Morgan fingerprint density at radius 3 is 2.10 bits per heavy atom. The molecular weight excluding hydrogens is 124 g/mol. The topological polar surface area (TPSA) is 27.1 Å². The fraction of sp³-hybridized carbons (Fsp3) is 0.875. The van der Waals surface area contributed by atoms with Gasteiger partial charge in [-0.05, 0) is 27.2 Å². The Morgan fingerprint density at radius 2 is 2.00 bits per heavy atom. The minimum absolute atomic E-state index is 0.516. The number of amidine groups is 1. The van der Waals surface area contributed by atoms with Crippen molar-refractivity contribution in [1.29, 1.82) is 5.41 Å². The molecule has 1 unspecified atom stereocenters. The van der Waals surface area contributed by atoms with Crippen molar-refractivity contribution < 1.29 is 0 Å². The number of rotatable bonds is 3. The SMILES string of the molecule is CCC(C)N(CC)C(C)=N. The first-order chi connectivity index (χ1) is 4.63. The Balaban J connectivity index is 3.92. The zero-order valence-corrected chi connectivity index (χ0v) is 7.44. The normalized spacial score (nSPS) is 12.8. The van der Waals surface area contributed by atoms with Crippen LogP contribution in [0, 0.1) is 5.41 Å². The van der Waals surface area contributed by atoms with Crippen LogP contribution < -0.4 is 0 Å². The van der Waals surface area contributed by atoms with Gasteiger partial charge in [0.15, 0.2) is 0 Å². The molecule has 0 aromatic heterocycles. The summed E-state index contributed by atoms with van der Waals surface area (Å²) < 4.78 is 0. The maximum absolute atomic E-state index is 7.41. The van der Waals surface area contributed by atoms with E-state index in [4.69, 9.17) is 5.41 Å². The van der Waals surface area contributed by atoms with E-state index < -0.39 is 0 Å². The molecule has 0 radical (unpaired) electrons. The number of hydrogen-bond donors (Lipinski definition) is 1. The van der Waals surface area contributed by atoms with Gasteiger partial charge >= 0.3 is 0 Å². The number of nitrogens with one attached hydrogen (secondary N) is 1. The molecule has 0 saturated carbocycles. The molecule has 0 aromatic rings. The Kier molecular flexibility index (Phi) is 4.08. The molecule has 0 amide bonds. The molecule has 0 aliphatic heterocycles. The van der Waals surface area contributed by atoms with Crippen molar-refractivity contribution >= 4 is 5.84 Å². The molecule has 60 valence electrons. The van der Waals surface area contributed by atoms with Gasteiger partial charge in [0.05, 0.1) is 5.84 Å². The third-order valence-corrected chi connectivity index (χ3v) is 1.89. The second kappa shape index (κ2) is 4.31. The smallest absolute Gasteiger partial charge is 0.0928 e. The second-order valence-electron chi connectivity index (χ2n) is 2.63. The summed E-state index contributed by atoms with van der Waals surface area (Å²) in [6.07, 6.45) is 1.12. The van der Waals surface area contributed by atoms with Gasteiger partial charge in [0.1, 0.15) is 0 Å². The van der Waals surface area contributed by atoms with E-state index in [9.17, 15) is 0 Å². The Labute approximate surface area is 63.7 Å². The van der Waals surface area contributed by atoms with E-state index in [0.29, 0.717) is 11.9 Å². The molecule has 0 rings (SSSR count).